The van der Waals surface area contributed by atoms with Crippen LogP contribution < -0.4 is 10.6 Å². The Labute approximate surface area is 84.9 Å². The van der Waals surface area contributed by atoms with E-state index < -0.39 is 17.7 Å². The largest absolute Gasteiger partial charge is 0.395 e. The number of rotatable bonds is 3. The van der Waals surface area contributed by atoms with E-state index in [2.05, 4.69) is 10.6 Å². The predicted octanol–water partition coefficient (Wildman–Crippen LogP) is 1.08. The summed E-state index contributed by atoms with van der Waals surface area (Å²) in [5.74, 6) is -2.01. The highest BCUT2D eigenvalue weighted by Gasteiger charge is 2.04. The first-order valence-corrected chi connectivity index (χ1v) is 4.24. The Balaban J connectivity index is 2.57. The van der Waals surface area contributed by atoms with E-state index in [9.17, 15) is 13.6 Å². The highest BCUT2D eigenvalue weighted by Crippen LogP contribution is 2.12. The number of halogens is 2. The average molecular weight is 216 g/mol. The van der Waals surface area contributed by atoms with Crippen molar-refractivity contribution in [1.29, 1.82) is 0 Å². The molecule has 0 atom stereocenters. The van der Waals surface area contributed by atoms with E-state index in [-0.39, 0.29) is 18.8 Å². The van der Waals surface area contributed by atoms with E-state index in [1.807, 2.05) is 0 Å². The van der Waals surface area contributed by atoms with Crippen molar-refractivity contribution in [3.8, 4) is 0 Å². The fourth-order valence-electron chi connectivity index (χ4n) is 0.919. The van der Waals surface area contributed by atoms with Gasteiger partial charge >= 0.3 is 6.03 Å². The zero-order valence-electron chi connectivity index (χ0n) is 7.76. The van der Waals surface area contributed by atoms with Crippen molar-refractivity contribution in [2.45, 2.75) is 0 Å². The van der Waals surface area contributed by atoms with Crippen molar-refractivity contribution >= 4 is 11.7 Å². The number of aliphatic hydroxyl groups is 1. The van der Waals surface area contributed by atoms with E-state index in [0.717, 1.165) is 12.1 Å². The summed E-state index contributed by atoms with van der Waals surface area (Å²) >= 11 is 0. The van der Waals surface area contributed by atoms with Crippen molar-refractivity contribution in [3.05, 3.63) is 29.8 Å². The standard InChI is InChI=1S/C9H10F2N2O2/c10-7-2-1-6(5-8(7)11)13-9(15)12-3-4-14/h1-2,5,14H,3-4H2,(H2,12,13,15). The summed E-state index contributed by atoms with van der Waals surface area (Å²) in [5, 5.41) is 13.0. The maximum Gasteiger partial charge on any atom is 0.319 e. The molecule has 3 N–H and O–H groups in total. The minimum absolute atomic E-state index is 0.0928. The Morgan fingerprint density at radius 1 is 1.33 bits per heavy atom. The summed E-state index contributed by atoms with van der Waals surface area (Å²) in [6, 6.07) is 2.43. The lowest BCUT2D eigenvalue weighted by Gasteiger charge is -2.06. The molecule has 15 heavy (non-hydrogen) atoms. The Morgan fingerprint density at radius 3 is 2.67 bits per heavy atom. The lowest BCUT2D eigenvalue weighted by Crippen LogP contribution is -2.30. The molecule has 0 saturated carbocycles. The Bertz CT molecular complexity index is 358. The molecule has 1 rings (SSSR count). The molecule has 0 fully saturated rings. The number of carbonyl (C=O) groups excluding carboxylic acids is 1. The van der Waals surface area contributed by atoms with Crippen LogP contribution in [0.15, 0.2) is 18.2 Å². The van der Waals surface area contributed by atoms with Crippen LogP contribution in [0.1, 0.15) is 0 Å². The van der Waals surface area contributed by atoms with Crippen LogP contribution in [-0.4, -0.2) is 24.3 Å². The number of carbonyl (C=O) groups is 1. The molecule has 0 aliphatic carbocycles. The van der Waals surface area contributed by atoms with Crippen molar-refractivity contribution in [2.24, 2.45) is 0 Å². The van der Waals surface area contributed by atoms with Gasteiger partial charge in [-0.3, -0.25) is 0 Å². The van der Waals surface area contributed by atoms with Crippen molar-refractivity contribution < 1.29 is 18.7 Å². The summed E-state index contributed by atoms with van der Waals surface area (Å²) in [6.45, 7) is -0.0965. The van der Waals surface area contributed by atoms with Crippen molar-refractivity contribution in [1.82, 2.24) is 5.32 Å². The number of nitrogens with one attached hydrogen (secondary N) is 2. The lowest BCUT2D eigenvalue weighted by atomic mass is 10.3. The molecule has 0 aromatic heterocycles. The van der Waals surface area contributed by atoms with E-state index in [0.29, 0.717) is 0 Å². The van der Waals surface area contributed by atoms with Gasteiger partial charge < -0.3 is 15.7 Å². The zero-order chi connectivity index (χ0) is 11.3. The third kappa shape index (κ3) is 3.51. The highest BCUT2D eigenvalue weighted by molar-refractivity contribution is 5.89. The molecule has 0 heterocycles. The quantitative estimate of drug-likeness (QED) is 0.708. The molecule has 2 amide bonds. The second-order valence-corrected chi connectivity index (χ2v) is 2.73. The summed E-state index contributed by atoms with van der Waals surface area (Å²) < 4.78 is 25.2. The van der Waals surface area contributed by atoms with Crippen molar-refractivity contribution in [3.63, 3.8) is 0 Å². The Kier molecular flexibility index (Phi) is 3.99. The van der Waals surface area contributed by atoms with Crippen LogP contribution in [0.5, 0.6) is 0 Å². The van der Waals surface area contributed by atoms with Crippen LogP contribution >= 0.6 is 0 Å². The van der Waals surface area contributed by atoms with Gasteiger partial charge in [-0.1, -0.05) is 0 Å². The Hall–Kier alpha value is -1.69. The number of amides is 2. The smallest absolute Gasteiger partial charge is 0.319 e. The number of hydrogen-bond donors (Lipinski definition) is 3. The summed E-state index contributed by atoms with van der Waals surface area (Å²) in [6.07, 6.45) is 0. The van der Waals surface area contributed by atoms with Crippen LogP contribution in [-0.2, 0) is 0 Å². The molecule has 4 nitrogen and oxygen atoms in total. The molecular formula is C9H10F2N2O2. The first-order valence-electron chi connectivity index (χ1n) is 4.24. The minimum atomic E-state index is -1.03. The molecule has 0 saturated heterocycles. The van der Waals surface area contributed by atoms with E-state index >= 15 is 0 Å². The van der Waals surface area contributed by atoms with Crippen LogP contribution in [0, 0.1) is 11.6 Å². The van der Waals surface area contributed by atoms with Gasteiger partial charge in [-0.25, -0.2) is 13.6 Å². The third-order valence-electron chi connectivity index (χ3n) is 1.57. The second kappa shape index (κ2) is 5.26. The van der Waals surface area contributed by atoms with Gasteiger partial charge in [-0.2, -0.15) is 0 Å². The fraction of sp³-hybridized carbons (Fsp3) is 0.222. The number of anilines is 1. The van der Waals surface area contributed by atoms with Gasteiger partial charge in [0, 0.05) is 18.3 Å². The molecule has 1 aromatic rings. The van der Waals surface area contributed by atoms with E-state index in [1.165, 1.54) is 6.07 Å². The van der Waals surface area contributed by atoms with Gasteiger partial charge in [0.15, 0.2) is 11.6 Å². The summed E-state index contributed by atoms with van der Waals surface area (Å²) in [7, 11) is 0. The highest BCUT2D eigenvalue weighted by atomic mass is 19.2. The molecule has 0 aliphatic rings. The monoisotopic (exact) mass is 216 g/mol. The van der Waals surface area contributed by atoms with Gasteiger partial charge in [0.1, 0.15) is 0 Å². The maximum absolute atomic E-state index is 12.7. The zero-order valence-corrected chi connectivity index (χ0v) is 7.76. The molecule has 6 heteroatoms. The van der Waals surface area contributed by atoms with Gasteiger partial charge in [0.25, 0.3) is 0 Å². The van der Waals surface area contributed by atoms with Crippen LogP contribution in [0.4, 0.5) is 19.3 Å². The topological polar surface area (TPSA) is 61.4 Å². The molecule has 0 aliphatic heterocycles. The predicted molar refractivity (Wildman–Crippen MR) is 50.5 cm³/mol. The summed E-state index contributed by atoms with van der Waals surface area (Å²) in [4.78, 5) is 11.0. The van der Waals surface area contributed by atoms with Crippen LogP contribution in [0.25, 0.3) is 0 Å². The average Bonchev–Trinajstić information content (AvgIpc) is 2.20. The van der Waals surface area contributed by atoms with Crippen LogP contribution in [0.2, 0.25) is 0 Å². The third-order valence-corrected chi connectivity index (χ3v) is 1.57. The first-order chi connectivity index (χ1) is 7.13. The SMILES string of the molecule is O=C(NCCO)Nc1ccc(F)c(F)c1. The molecule has 0 bridgehead atoms. The first kappa shape index (κ1) is 11.4. The van der Waals surface area contributed by atoms with Gasteiger partial charge in [-0.05, 0) is 12.1 Å². The second-order valence-electron chi connectivity index (χ2n) is 2.73. The summed E-state index contributed by atoms with van der Waals surface area (Å²) in [5.41, 5.74) is 0.143. The van der Waals surface area contributed by atoms with Crippen LogP contribution in [0.3, 0.4) is 0 Å². The van der Waals surface area contributed by atoms with Gasteiger partial charge in [-0.15, -0.1) is 0 Å². The molecule has 1 aromatic carbocycles. The number of aliphatic hydroxyl groups excluding tert-OH is 1. The van der Waals surface area contributed by atoms with E-state index in [4.69, 9.17) is 5.11 Å². The number of benzene rings is 1. The van der Waals surface area contributed by atoms with Gasteiger partial charge in [0.05, 0.1) is 6.61 Å². The fourth-order valence-corrected chi connectivity index (χ4v) is 0.919. The maximum atomic E-state index is 12.7. The Morgan fingerprint density at radius 2 is 2.07 bits per heavy atom. The number of urea groups is 1. The lowest BCUT2D eigenvalue weighted by molar-refractivity contribution is 0.245. The molecular weight excluding hydrogens is 206 g/mol. The molecule has 0 spiro atoms. The molecule has 0 unspecified atom stereocenters. The molecule has 82 valence electrons. The van der Waals surface area contributed by atoms with Crippen molar-refractivity contribution in [2.75, 3.05) is 18.5 Å². The van der Waals surface area contributed by atoms with Gasteiger partial charge in [0.2, 0.25) is 0 Å². The van der Waals surface area contributed by atoms with E-state index in [1.54, 1.807) is 0 Å². The normalized spacial score (nSPS) is 9.80. The number of hydrogen-bond acceptors (Lipinski definition) is 2. The molecule has 0 radical (unpaired) electrons. The minimum Gasteiger partial charge on any atom is -0.395 e.